The van der Waals surface area contributed by atoms with E-state index in [1.807, 2.05) is 17.5 Å². The van der Waals surface area contributed by atoms with Crippen molar-refractivity contribution in [3.8, 4) is 0 Å². The maximum atomic E-state index is 9.79. The van der Waals surface area contributed by atoms with Crippen LogP contribution in [0.4, 0.5) is 0 Å². The molecule has 3 rings (SSSR count). The van der Waals surface area contributed by atoms with E-state index in [1.54, 1.807) is 6.20 Å². The third kappa shape index (κ3) is 1.77. The Labute approximate surface area is 112 Å². The van der Waals surface area contributed by atoms with Gasteiger partial charge in [-0.25, -0.2) is 9.97 Å². The minimum atomic E-state index is -0.556. The number of nitrogens with zero attached hydrogens (tertiary/aromatic N) is 3. The molecule has 0 aliphatic heterocycles. The SMILES string of the molecule is CC1(O)CC(c2nc(Br)c3c(Cl)nccn23)C1. The van der Waals surface area contributed by atoms with E-state index in [9.17, 15) is 5.11 Å². The molecule has 0 saturated heterocycles. The van der Waals surface area contributed by atoms with E-state index >= 15 is 0 Å². The second kappa shape index (κ2) is 3.67. The average Bonchev–Trinajstić information content (AvgIpc) is 2.54. The van der Waals surface area contributed by atoms with Crippen molar-refractivity contribution < 1.29 is 5.11 Å². The molecule has 2 aromatic rings. The summed E-state index contributed by atoms with van der Waals surface area (Å²) >= 11 is 9.45. The summed E-state index contributed by atoms with van der Waals surface area (Å²) in [7, 11) is 0. The zero-order valence-corrected chi connectivity index (χ0v) is 11.5. The van der Waals surface area contributed by atoms with Crippen molar-refractivity contribution in [1.82, 2.24) is 14.4 Å². The van der Waals surface area contributed by atoms with E-state index in [2.05, 4.69) is 25.9 Å². The summed E-state index contributed by atoms with van der Waals surface area (Å²) in [5, 5.41) is 10.2. The molecular formula is C11H11BrClN3O. The number of aliphatic hydroxyl groups is 1. The largest absolute Gasteiger partial charge is 0.390 e. The molecule has 1 N–H and O–H groups in total. The molecule has 2 heterocycles. The summed E-state index contributed by atoms with van der Waals surface area (Å²) in [6.07, 6.45) is 4.97. The summed E-state index contributed by atoms with van der Waals surface area (Å²) in [5.74, 6) is 1.21. The van der Waals surface area contributed by atoms with Crippen LogP contribution >= 0.6 is 27.5 Å². The van der Waals surface area contributed by atoms with E-state index in [0.29, 0.717) is 9.76 Å². The van der Waals surface area contributed by atoms with Gasteiger partial charge in [0.2, 0.25) is 0 Å². The molecule has 0 amide bonds. The van der Waals surface area contributed by atoms with E-state index < -0.39 is 5.60 Å². The number of aromatic nitrogens is 3. The van der Waals surface area contributed by atoms with Gasteiger partial charge in [0, 0.05) is 18.3 Å². The highest BCUT2D eigenvalue weighted by Crippen LogP contribution is 2.44. The zero-order chi connectivity index (χ0) is 12.2. The van der Waals surface area contributed by atoms with Crippen LogP contribution in [0.3, 0.4) is 0 Å². The van der Waals surface area contributed by atoms with Crippen LogP contribution in [0.1, 0.15) is 31.5 Å². The summed E-state index contributed by atoms with van der Waals surface area (Å²) in [5.41, 5.74) is 0.232. The Morgan fingerprint density at radius 1 is 1.59 bits per heavy atom. The lowest BCUT2D eigenvalue weighted by atomic mass is 9.72. The first-order valence-electron chi connectivity index (χ1n) is 5.38. The fourth-order valence-corrected chi connectivity index (χ4v) is 3.37. The normalized spacial score (nSPS) is 28.4. The van der Waals surface area contributed by atoms with Crippen molar-refractivity contribution in [2.45, 2.75) is 31.3 Å². The topological polar surface area (TPSA) is 50.4 Å². The Kier molecular flexibility index (Phi) is 2.47. The maximum absolute atomic E-state index is 9.79. The predicted octanol–water partition coefficient (Wildman–Crippen LogP) is 2.77. The molecule has 4 nitrogen and oxygen atoms in total. The summed E-state index contributed by atoms with van der Waals surface area (Å²) in [4.78, 5) is 8.52. The Hall–Kier alpha value is -0.650. The van der Waals surface area contributed by atoms with Gasteiger partial charge in [-0.05, 0) is 35.7 Å². The Morgan fingerprint density at radius 3 is 2.94 bits per heavy atom. The van der Waals surface area contributed by atoms with Crippen LogP contribution in [-0.4, -0.2) is 25.1 Å². The molecule has 1 aliphatic carbocycles. The van der Waals surface area contributed by atoms with Gasteiger partial charge in [0.1, 0.15) is 15.9 Å². The fourth-order valence-electron chi connectivity index (χ4n) is 2.46. The fraction of sp³-hybridized carbons (Fsp3) is 0.455. The first-order valence-corrected chi connectivity index (χ1v) is 6.55. The molecule has 1 fully saturated rings. The second-order valence-electron chi connectivity index (χ2n) is 4.80. The highest BCUT2D eigenvalue weighted by Gasteiger charge is 2.41. The Morgan fingerprint density at radius 2 is 2.29 bits per heavy atom. The molecule has 17 heavy (non-hydrogen) atoms. The lowest BCUT2D eigenvalue weighted by molar-refractivity contribution is -0.0335. The number of hydrogen-bond acceptors (Lipinski definition) is 3. The highest BCUT2D eigenvalue weighted by atomic mass is 79.9. The van der Waals surface area contributed by atoms with Crippen LogP contribution in [0.5, 0.6) is 0 Å². The zero-order valence-electron chi connectivity index (χ0n) is 9.19. The minimum absolute atomic E-state index is 0.280. The van der Waals surface area contributed by atoms with Gasteiger partial charge in [0.25, 0.3) is 0 Å². The molecular weight excluding hydrogens is 305 g/mol. The van der Waals surface area contributed by atoms with Crippen LogP contribution in [0.15, 0.2) is 17.0 Å². The number of halogens is 2. The average molecular weight is 317 g/mol. The standard InChI is InChI=1S/C11H11BrClN3O/c1-11(17)4-6(5-11)10-15-8(12)7-9(13)14-2-3-16(7)10/h2-3,6,17H,4-5H2,1H3. The van der Waals surface area contributed by atoms with E-state index in [-0.39, 0.29) is 5.92 Å². The van der Waals surface area contributed by atoms with Gasteiger partial charge in [-0.3, -0.25) is 4.40 Å². The van der Waals surface area contributed by atoms with Gasteiger partial charge in [-0.15, -0.1) is 0 Å². The third-order valence-corrected chi connectivity index (χ3v) is 4.06. The lowest BCUT2D eigenvalue weighted by Gasteiger charge is -2.40. The molecule has 0 atom stereocenters. The first-order chi connectivity index (χ1) is 7.98. The molecule has 6 heteroatoms. The van der Waals surface area contributed by atoms with Crippen LogP contribution in [0.25, 0.3) is 5.52 Å². The van der Waals surface area contributed by atoms with Crippen molar-refractivity contribution in [3.05, 3.63) is 28.0 Å². The quantitative estimate of drug-likeness (QED) is 0.880. The number of imidazole rings is 1. The minimum Gasteiger partial charge on any atom is -0.390 e. The number of rotatable bonds is 1. The van der Waals surface area contributed by atoms with E-state index in [0.717, 1.165) is 24.2 Å². The van der Waals surface area contributed by atoms with Gasteiger partial charge >= 0.3 is 0 Å². The molecule has 0 radical (unpaired) electrons. The predicted molar refractivity (Wildman–Crippen MR) is 68.3 cm³/mol. The molecule has 2 aromatic heterocycles. The van der Waals surface area contributed by atoms with Crippen molar-refractivity contribution in [3.63, 3.8) is 0 Å². The molecule has 1 saturated carbocycles. The Bertz CT molecular complexity index is 588. The van der Waals surface area contributed by atoms with Gasteiger partial charge in [-0.1, -0.05) is 11.6 Å². The van der Waals surface area contributed by atoms with Gasteiger partial charge in [0.05, 0.1) is 5.60 Å². The van der Waals surface area contributed by atoms with Gasteiger partial charge in [0.15, 0.2) is 5.15 Å². The van der Waals surface area contributed by atoms with Crippen LogP contribution in [0.2, 0.25) is 5.15 Å². The number of hydrogen-bond donors (Lipinski definition) is 1. The van der Waals surface area contributed by atoms with Crippen LogP contribution < -0.4 is 0 Å². The van der Waals surface area contributed by atoms with Crippen molar-refractivity contribution in [2.75, 3.05) is 0 Å². The summed E-state index contributed by atoms with van der Waals surface area (Å²) in [6, 6.07) is 0. The van der Waals surface area contributed by atoms with Crippen molar-refractivity contribution in [2.24, 2.45) is 0 Å². The van der Waals surface area contributed by atoms with Crippen molar-refractivity contribution >= 4 is 33.0 Å². The third-order valence-electron chi connectivity index (χ3n) is 3.23. The van der Waals surface area contributed by atoms with Gasteiger partial charge in [-0.2, -0.15) is 0 Å². The molecule has 90 valence electrons. The van der Waals surface area contributed by atoms with Crippen molar-refractivity contribution in [1.29, 1.82) is 0 Å². The maximum Gasteiger partial charge on any atom is 0.155 e. The van der Waals surface area contributed by atoms with Crippen LogP contribution in [-0.2, 0) is 0 Å². The lowest BCUT2D eigenvalue weighted by Crippen LogP contribution is -2.40. The molecule has 0 aromatic carbocycles. The first kappa shape index (κ1) is 11.4. The molecule has 0 unspecified atom stereocenters. The van der Waals surface area contributed by atoms with Crippen LogP contribution in [0, 0.1) is 0 Å². The van der Waals surface area contributed by atoms with Gasteiger partial charge < -0.3 is 5.11 Å². The smallest absolute Gasteiger partial charge is 0.155 e. The second-order valence-corrected chi connectivity index (χ2v) is 5.91. The highest BCUT2D eigenvalue weighted by molar-refractivity contribution is 9.10. The Balaban J connectivity index is 2.10. The monoisotopic (exact) mass is 315 g/mol. The number of fused-ring (bicyclic) bond motifs is 1. The molecule has 0 spiro atoms. The molecule has 0 bridgehead atoms. The summed E-state index contributed by atoms with van der Waals surface area (Å²) in [6.45, 7) is 1.85. The summed E-state index contributed by atoms with van der Waals surface area (Å²) < 4.78 is 2.65. The van der Waals surface area contributed by atoms with E-state index in [4.69, 9.17) is 11.6 Å². The molecule has 1 aliphatic rings. The van der Waals surface area contributed by atoms with E-state index in [1.165, 1.54) is 0 Å².